The van der Waals surface area contributed by atoms with E-state index < -0.39 is 0 Å². The number of unbranched alkanes of at least 4 members (excludes halogenated alkanes) is 1. The normalized spacial score (nSPS) is 19.8. The van der Waals surface area contributed by atoms with Gasteiger partial charge in [-0.1, -0.05) is 43.4 Å². The fourth-order valence-corrected chi connectivity index (χ4v) is 4.02. The van der Waals surface area contributed by atoms with Crippen LogP contribution in [-0.4, -0.2) is 62.0 Å². The minimum atomic E-state index is -0.0448. The third-order valence-corrected chi connectivity index (χ3v) is 6.16. The van der Waals surface area contributed by atoms with Crippen LogP contribution in [0.25, 0.3) is 0 Å². The molecular formula is C23H31N3O2S. The van der Waals surface area contributed by atoms with Gasteiger partial charge < -0.3 is 15.0 Å². The van der Waals surface area contributed by atoms with Gasteiger partial charge in [0.15, 0.2) is 0 Å². The van der Waals surface area contributed by atoms with Gasteiger partial charge in [-0.15, -0.1) is 0 Å². The van der Waals surface area contributed by atoms with Gasteiger partial charge in [-0.25, -0.2) is 0 Å². The predicted octanol–water partition coefficient (Wildman–Crippen LogP) is 3.22. The lowest BCUT2D eigenvalue weighted by atomic mass is 9.95. The maximum atomic E-state index is 12.3. The smallest absolute Gasteiger partial charge is 0.252 e. The van der Waals surface area contributed by atoms with E-state index in [0.717, 1.165) is 56.2 Å². The zero-order valence-electron chi connectivity index (χ0n) is 17.4. The van der Waals surface area contributed by atoms with Gasteiger partial charge in [0, 0.05) is 43.5 Å². The topological polar surface area (TPSA) is 44.8 Å². The number of nitrogens with one attached hydrogen (secondary N) is 1. The SMILES string of the molecule is COc1ccccc1N1CCN(CCCCNC(=O)C2=CC=CC(C)C2=S)CC1. The summed E-state index contributed by atoms with van der Waals surface area (Å²) in [5.41, 5.74) is 1.82. The van der Waals surface area contributed by atoms with E-state index in [-0.39, 0.29) is 11.8 Å². The molecule has 0 aromatic heterocycles. The molecule has 5 nitrogen and oxygen atoms in total. The number of rotatable bonds is 8. The number of carbonyl (C=O) groups is 1. The van der Waals surface area contributed by atoms with E-state index in [1.54, 1.807) is 7.11 Å². The second kappa shape index (κ2) is 10.6. The summed E-state index contributed by atoms with van der Waals surface area (Å²) in [7, 11) is 1.73. The molecule has 0 bridgehead atoms. The largest absolute Gasteiger partial charge is 0.495 e. The van der Waals surface area contributed by atoms with Gasteiger partial charge in [-0.05, 0) is 37.6 Å². The number of carbonyl (C=O) groups excluding carboxylic acids is 1. The summed E-state index contributed by atoms with van der Waals surface area (Å²) in [5, 5.41) is 3.01. The van der Waals surface area contributed by atoms with Gasteiger partial charge in [0.25, 0.3) is 5.91 Å². The summed E-state index contributed by atoms with van der Waals surface area (Å²) in [5.74, 6) is 1.05. The molecule has 1 fully saturated rings. The molecule has 3 rings (SSSR count). The van der Waals surface area contributed by atoms with Crippen LogP contribution in [0.15, 0.2) is 48.1 Å². The van der Waals surface area contributed by atoms with E-state index in [4.69, 9.17) is 17.0 Å². The molecule has 29 heavy (non-hydrogen) atoms. The first kappa shape index (κ1) is 21.5. The van der Waals surface area contributed by atoms with Crippen LogP contribution in [0.1, 0.15) is 19.8 Å². The Morgan fingerprint density at radius 1 is 1.21 bits per heavy atom. The van der Waals surface area contributed by atoms with Gasteiger partial charge in [0.1, 0.15) is 5.75 Å². The lowest BCUT2D eigenvalue weighted by molar-refractivity contribution is -0.117. The fraction of sp³-hybridized carbons (Fsp3) is 0.478. The second-order valence-electron chi connectivity index (χ2n) is 7.58. The van der Waals surface area contributed by atoms with Crippen LogP contribution in [0.5, 0.6) is 5.75 Å². The highest BCUT2D eigenvalue weighted by Crippen LogP contribution is 2.28. The van der Waals surface area contributed by atoms with E-state index in [2.05, 4.69) is 27.2 Å². The highest BCUT2D eigenvalue weighted by atomic mass is 32.1. The Balaban J connectivity index is 1.33. The van der Waals surface area contributed by atoms with Gasteiger partial charge in [0.05, 0.1) is 18.4 Å². The van der Waals surface area contributed by atoms with Gasteiger partial charge >= 0.3 is 0 Å². The van der Waals surface area contributed by atoms with Crippen LogP contribution in [0.2, 0.25) is 0 Å². The number of amides is 1. The highest BCUT2D eigenvalue weighted by Gasteiger charge is 2.20. The van der Waals surface area contributed by atoms with Crippen molar-refractivity contribution in [3.8, 4) is 5.75 Å². The van der Waals surface area contributed by atoms with E-state index in [9.17, 15) is 4.79 Å². The number of nitrogens with zero attached hydrogens (tertiary/aromatic N) is 2. The van der Waals surface area contributed by atoms with Crippen molar-refractivity contribution in [2.75, 3.05) is 51.3 Å². The summed E-state index contributed by atoms with van der Waals surface area (Å²) in [6.45, 7) is 7.90. The molecular weight excluding hydrogens is 382 g/mol. The maximum Gasteiger partial charge on any atom is 0.252 e. The fourth-order valence-electron chi connectivity index (χ4n) is 3.78. The minimum Gasteiger partial charge on any atom is -0.495 e. The molecule has 1 atom stereocenters. The predicted molar refractivity (Wildman–Crippen MR) is 123 cm³/mol. The third-order valence-electron chi connectivity index (χ3n) is 5.57. The molecule has 1 aliphatic heterocycles. The third kappa shape index (κ3) is 5.67. The average Bonchev–Trinajstić information content (AvgIpc) is 2.75. The molecule has 6 heteroatoms. The molecule has 156 valence electrons. The Morgan fingerprint density at radius 2 is 1.97 bits per heavy atom. The number of ether oxygens (including phenoxy) is 1. The van der Waals surface area contributed by atoms with Crippen LogP contribution in [0.4, 0.5) is 5.69 Å². The highest BCUT2D eigenvalue weighted by molar-refractivity contribution is 7.81. The zero-order chi connectivity index (χ0) is 20.6. The number of allylic oxidation sites excluding steroid dienone is 3. The van der Waals surface area contributed by atoms with Crippen LogP contribution in [0.3, 0.4) is 0 Å². The van der Waals surface area contributed by atoms with Gasteiger partial charge in [-0.3, -0.25) is 9.69 Å². The number of benzene rings is 1. The lowest BCUT2D eigenvalue weighted by Crippen LogP contribution is -2.46. The number of hydrogen-bond donors (Lipinski definition) is 1. The Hall–Kier alpha value is -2.18. The summed E-state index contributed by atoms with van der Waals surface area (Å²) in [6, 6.07) is 8.21. The Kier molecular flexibility index (Phi) is 7.83. The number of piperazine rings is 1. The van der Waals surface area contributed by atoms with Crippen molar-refractivity contribution in [1.82, 2.24) is 10.2 Å². The standard InChI is InChI=1S/C23H31N3O2S/c1-18-8-7-9-19(22(18)29)23(27)24-12-5-6-13-25-14-16-26(17-15-25)20-10-3-4-11-21(20)28-2/h3-4,7-11,18H,5-6,12-17H2,1-2H3,(H,24,27). The Bertz CT molecular complexity index is 782. The van der Waals surface area contributed by atoms with Crippen molar-refractivity contribution in [3.05, 3.63) is 48.1 Å². The lowest BCUT2D eigenvalue weighted by Gasteiger charge is -2.36. The van der Waals surface area contributed by atoms with E-state index in [0.29, 0.717) is 12.1 Å². The minimum absolute atomic E-state index is 0.0448. The molecule has 1 unspecified atom stereocenters. The monoisotopic (exact) mass is 413 g/mol. The first-order valence-electron chi connectivity index (χ1n) is 10.4. The Morgan fingerprint density at radius 3 is 2.72 bits per heavy atom. The van der Waals surface area contributed by atoms with Crippen LogP contribution in [-0.2, 0) is 4.79 Å². The number of thiocarbonyl (C=S) groups is 1. The van der Waals surface area contributed by atoms with Crippen LogP contribution >= 0.6 is 12.2 Å². The molecule has 1 aromatic carbocycles. The van der Waals surface area contributed by atoms with E-state index in [1.165, 1.54) is 5.69 Å². The molecule has 0 spiro atoms. The molecule has 0 radical (unpaired) electrons. The molecule has 1 amide bonds. The number of hydrogen-bond acceptors (Lipinski definition) is 5. The maximum absolute atomic E-state index is 12.3. The molecule has 2 aliphatic rings. The summed E-state index contributed by atoms with van der Waals surface area (Å²) in [6.07, 6.45) is 7.81. The van der Waals surface area contributed by atoms with E-state index in [1.807, 2.05) is 37.3 Å². The average molecular weight is 414 g/mol. The number of anilines is 1. The number of methoxy groups -OCH3 is 1. The quantitative estimate of drug-likeness (QED) is 0.524. The second-order valence-corrected chi connectivity index (χ2v) is 8.02. The van der Waals surface area contributed by atoms with Crippen molar-refractivity contribution in [2.24, 2.45) is 5.92 Å². The summed E-state index contributed by atoms with van der Waals surface area (Å²) >= 11 is 5.37. The van der Waals surface area contributed by atoms with Crippen molar-refractivity contribution in [2.45, 2.75) is 19.8 Å². The first-order chi connectivity index (χ1) is 14.1. The van der Waals surface area contributed by atoms with Gasteiger partial charge in [-0.2, -0.15) is 0 Å². The van der Waals surface area contributed by atoms with Crippen LogP contribution < -0.4 is 15.0 Å². The molecule has 0 saturated carbocycles. The molecule has 1 aliphatic carbocycles. The van der Waals surface area contributed by atoms with Gasteiger partial charge in [0.2, 0.25) is 0 Å². The van der Waals surface area contributed by atoms with Crippen molar-refractivity contribution in [3.63, 3.8) is 0 Å². The molecule has 1 heterocycles. The summed E-state index contributed by atoms with van der Waals surface area (Å²) in [4.78, 5) is 17.9. The van der Waals surface area contributed by atoms with Crippen molar-refractivity contribution in [1.29, 1.82) is 0 Å². The van der Waals surface area contributed by atoms with Crippen molar-refractivity contribution >= 4 is 28.7 Å². The molecule has 1 saturated heterocycles. The number of para-hydroxylation sites is 2. The zero-order valence-corrected chi connectivity index (χ0v) is 18.2. The van der Waals surface area contributed by atoms with Crippen molar-refractivity contribution < 1.29 is 9.53 Å². The Labute approximate surface area is 179 Å². The first-order valence-corrected chi connectivity index (χ1v) is 10.8. The molecule has 1 N–H and O–H groups in total. The summed E-state index contributed by atoms with van der Waals surface area (Å²) < 4.78 is 5.49. The van der Waals surface area contributed by atoms with E-state index >= 15 is 0 Å². The molecule has 1 aromatic rings. The van der Waals surface area contributed by atoms with Crippen LogP contribution in [0, 0.1) is 5.92 Å².